The molecule has 0 saturated carbocycles. The van der Waals surface area contributed by atoms with Gasteiger partial charge in [-0.15, -0.1) is 0 Å². The van der Waals surface area contributed by atoms with Crippen molar-refractivity contribution in [2.75, 3.05) is 11.9 Å². The van der Waals surface area contributed by atoms with Crippen LogP contribution >= 0.6 is 11.3 Å². The summed E-state index contributed by atoms with van der Waals surface area (Å²) in [6.45, 7) is 1.19. The van der Waals surface area contributed by atoms with E-state index in [1.54, 1.807) is 20.9 Å². The van der Waals surface area contributed by atoms with Crippen molar-refractivity contribution in [3.8, 4) is 17.3 Å². The maximum absolute atomic E-state index is 12.8. The van der Waals surface area contributed by atoms with Crippen molar-refractivity contribution >= 4 is 23.2 Å². The topological polar surface area (TPSA) is 74.0 Å². The number of amides is 2. The van der Waals surface area contributed by atoms with Crippen LogP contribution in [-0.4, -0.2) is 27.3 Å². The smallest absolute Gasteiger partial charge is 0.320 e. The number of benzene rings is 1. The van der Waals surface area contributed by atoms with E-state index in [0.29, 0.717) is 25.3 Å². The Kier molecular flexibility index (Phi) is 4.65. The molecule has 3 aromatic rings. The van der Waals surface area contributed by atoms with Gasteiger partial charge in [0.1, 0.15) is 5.82 Å². The van der Waals surface area contributed by atoms with E-state index in [1.165, 1.54) is 5.56 Å². The number of carbonyl (C=O) groups is 1. The van der Waals surface area contributed by atoms with Crippen LogP contribution in [0.25, 0.3) is 11.3 Å². The van der Waals surface area contributed by atoms with Crippen LogP contribution in [0.2, 0.25) is 0 Å². The molecular weight excluding hydrogens is 358 g/mol. The Balaban J connectivity index is 1.49. The van der Waals surface area contributed by atoms with E-state index in [-0.39, 0.29) is 6.03 Å². The number of hydrogen-bond acceptors (Lipinski definition) is 4. The van der Waals surface area contributed by atoms with Crippen molar-refractivity contribution in [3.63, 3.8) is 0 Å². The summed E-state index contributed by atoms with van der Waals surface area (Å²) in [5.74, 6) is 0.672. The molecule has 2 aromatic heterocycles. The number of nitrogens with one attached hydrogen (secondary N) is 1. The molecule has 3 heterocycles. The Hall–Kier alpha value is -3.11. The molecule has 1 N–H and O–H groups in total. The molecule has 0 spiro atoms. The highest BCUT2D eigenvalue weighted by molar-refractivity contribution is 7.08. The SMILES string of the molecule is Cn1nc(-c2ccsc2)cc1NC(=O)N1CCc2c(CC#N)cccc2C1. The second-order valence-electron chi connectivity index (χ2n) is 6.54. The molecule has 1 aromatic carbocycles. The molecule has 4 rings (SSSR count). The predicted molar refractivity (Wildman–Crippen MR) is 105 cm³/mol. The van der Waals surface area contributed by atoms with Crippen molar-refractivity contribution in [3.05, 3.63) is 57.8 Å². The van der Waals surface area contributed by atoms with Gasteiger partial charge >= 0.3 is 6.03 Å². The average molecular weight is 377 g/mol. The first-order chi connectivity index (χ1) is 13.2. The zero-order valence-corrected chi connectivity index (χ0v) is 15.8. The number of fused-ring (bicyclic) bond motifs is 1. The lowest BCUT2D eigenvalue weighted by Gasteiger charge is -2.30. The fraction of sp³-hybridized carbons (Fsp3) is 0.250. The average Bonchev–Trinajstić information content (AvgIpc) is 3.32. The summed E-state index contributed by atoms with van der Waals surface area (Å²) in [6.07, 6.45) is 1.18. The monoisotopic (exact) mass is 377 g/mol. The number of rotatable bonds is 3. The van der Waals surface area contributed by atoms with Crippen LogP contribution in [0.15, 0.2) is 41.1 Å². The molecule has 0 bridgehead atoms. The van der Waals surface area contributed by atoms with Crippen LogP contribution in [0.3, 0.4) is 0 Å². The molecule has 1 aliphatic rings. The third-order valence-electron chi connectivity index (χ3n) is 4.85. The van der Waals surface area contributed by atoms with Gasteiger partial charge < -0.3 is 4.90 Å². The van der Waals surface area contributed by atoms with Gasteiger partial charge in [0.05, 0.1) is 18.2 Å². The number of nitriles is 1. The zero-order valence-electron chi connectivity index (χ0n) is 15.0. The Bertz CT molecular complexity index is 1020. The molecule has 0 aliphatic carbocycles. The molecule has 1 aliphatic heterocycles. The van der Waals surface area contributed by atoms with Gasteiger partial charge in [-0.25, -0.2) is 4.79 Å². The fourth-order valence-corrected chi connectivity index (χ4v) is 4.09. The van der Waals surface area contributed by atoms with E-state index in [9.17, 15) is 4.79 Å². The number of anilines is 1. The largest absolute Gasteiger partial charge is 0.323 e. The molecule has 6 nitrogen and oxygen atoms in total. The minimum Gasteiger partial charge on any atom is -0.320 e. The number of aryl methyl sites for hydroxylation is 1. The molecule has 0 radical (unpaired) electrons. The first-order valence-corrected chi connectivity index (χ1v) is 9.69. The Morgan fingerprint density at radius 1 is 1.41 bits per heavy atom. The van der Waals surface area contributed by atoms with E-state index in [1.807, 2.05) is 48.1 Å². The minimum atomic E-state index is -0.133. The molecule has 136 valence electrons. The molecule has 7 heteroatoms. The van der Waals surface area contributed by atoms with Crippen molar-refractivity contribution in [1.82, 2.24) is 14.7 Å². The molecule has 0 fully saturated rings. The van der Waals surface area contributed by atoms with Crippen LogP contribution < -0.4 is 5.32 Å². The summed E-state index contributed by atoms with van der Waals surface area (Å²) >= 11 is 1.62. The van der Waals surface area contributed by atoms with Gasteiger partial charge in [-0.05, 0) is 34.6 Å². The Labute approximate surface area is 161 Å². The van der Waals surface area contributed by atoms with E-state index < -0.39 is 0 Å². The number of thiophene rings is 1. The summed E-state index contributed by atoms with van der Waals surface area (Å²) < 4.78 is 1.69. The van der Waals surface area contributed by atoms with Crippen LogP contribution in [0.5, 0.6) is 0 Å². The first kappa shape index (κ1) is 17.3. The van der Waals surface area contributed by atoms with Crippen molar-refractivity contribution in [2.45, 2.75) is 19.4 Å². The van der Waals surface area contributed by atoms with Gasteiger partial charge in [-0.3, -0.25) is 10.00 Å². The molecule has 0 unspecified atom stereocenters. The van der Waals surface area contributed by atoms with Crippen molar-refractivity contribution in [2.24, 2.45) is 7.05 Å². The summed E-state index contributed by atoms with van der Waals surface area (Å²) in [4.78, 5) is 14.6. The lowest BCUT2D eigenvalue weighted by atomic mass is 9.93. The normalized spacial score (nSPS) is 13.1. The van der Waals surface area contributed by atoms with E-state index in [0.717, 1.165) is 28.8 Å². The summed E-state index contributed by atoms with van der Waals surface area (Å²) in [7, 11) is 1.82. The van der Waals surface area contributed by atoms with Crippen LogP contribution in [-0.2, 0) is 26.4 Å². The lowest BCUT2D eigenvalue weighted by molar-refractivity contribution is 0.206. The van der Waals surface area contributed by atoms with Crippen molar-refractivity contribution in [1.29, 1.82) is 5.26 Å². The van der Waals surface area contributed by atoms with Crippen LogP contribution in [0, 0.1) is 11.3 Å². The first-order valence-electron chi connectivity index (χ1n) is 8.75. The van der Waals surface area contributed by atoms with E-state index >= 15 is 0 Å². The van der Waals surface area contributed by atoms with Gasteiger partial charge in [0.15, 0.2) is 0 Å². The summed E-state index contributed by atoms with van der Waals surface area (Å²) in [6, 6.07) is 12.0. The number of carbonyl (C=O) groups excluding carboxylic acids is 1. The van der Waals surface area contributed by atoms with Gasteiger partial charge in [0.25, 0.3) is 0 Å². The fourth-order valence-electron chi connectivity index (χ4n) is 3.44. The van der Waals surface area contributed by atoms with E-state index in [2.05, 4.69) is 16.5 Å². The third kappa shape index (κ3) is 3.44. The van der Waals surface area contributed by atoms with Gasteiger partial charge in [-0.1, -0.05) is 18.2 Å². The summed E-state index contributed by atoms with van der Waals surface area (Å²) in [5, 5.41) is 20.5. The zero-order chi connectivity index (χ0) is 18.8. The summed E-state index contributed by atoms with van der Waals surface area (Å²) in [5.41, 5.74) is 5.30. The Morgan fingerprint density at radius 2 is 2.30 bits per heavy atom. The molecule has 0 saturated heterocycles. The maximum Gasteiger partial charge on any atom is 0.323 e. The predicted octanol–water partition coefficient (Wildman–Crippen LogP) is 3.80. The van der Waals surface area contributed by atoms with Gasteiger partial charge in [0.2, 0.25) is 0 Å². The second kappa shape index (κ2) is 7.25. The van der Waals surface area contributed by atoms with Gasteiger partial charge in [-0.2, -0.15) is 21.7 Å². The van der Waals surface area contributed by atoms with Gasteiger partial charge in [0, 0.05) is 37.1 Å². The standard InChI is InChI=1S/C20H19N5OS/c1-24-19(11-18(23-24)16-7-10-27-13-16)22-20(26)25-9-6-17-14(5-8-21)3-2-4-15(17)12-25/h2-4,7,10-11,13H,5-6,9,12H2,1H3,(H,22,26). The highest BCUT2D eigenvalue weighted by atomic mass is 32.1. The third-order valence-corrected chi connectivity index (χ3v) is 5.53. The highest BCUT2D eigenvalue weighted by Crippen LogP contribution is 2.25. The molecule has 0 atom stereocenters. The quantitative estimate of drug-likeness (QED) is 0.754. The second-order valence-corrected chi connectivity index (χ2v) is 7.32. The Morgan fingerprint density at radius 3 is 3.07 bits per heavy atom. The maximum atomic E-state index is 12.8. The number of nitrogens with zero attached hydrogens (tertiary/aromatic N) is 4. The molecular formula is C20H19N5OS. The highest BCUT2D eigenvalue weighted by Gasteiger charge is 2.23. The van der Waals surface area contributed by atoms with Crippen molar-refractivity contribution < 1.29 is 4.79 Å². The number of hydrogen-bond donors (Lipinski definition) is 1. The van der Waals surface area contributed by atoms with Crippen LogP contribution in [0.1, 0.15) is 16.7 Å². The minimum absolute atomic E-state index is 0.133. The van der Waals surface area contributed by atoms with Crippen LogP contribution in [0.4, 0.5) is 10.6 Å². The number of aromatic nitrogens is 2. The molecule has 27 heavy (non-hydrogen) atoms. The molecule has 2 amide bonds. The number of urea groups is 1. The lowest BCUT2D eigenvalue weighted by Crippen LogP contribution is -2.39. The van der Waals surface area contributed by atoms with E-state index in [4.69, 9.17) is 5.26 Å².